The molecule has 0 saturated carbocycles. The first kappa shape index (κ1) is 9.93. The van der Waals surface area contributed by atoms with E-state index in [4.69, 9.17) is 4.74 Å². The molecule has 1 saturated heterocycles. The van der Waals surface area contributed by atoms with Gasteiger partial charge in [0.25, 0.3) is 0 Å². The van der Waals surface area contributed by atoms with Gasteiger partial charge in [-0.15, -0.1) is 11.8 Å². The fourth-order valence-corrected chi connectivity index (χ4v) is 2.52. The minimum absolute atomic E-state index is 0.248. The molecule has 1 atom stereocenters. The van der Waals surface area contributed by atoms with Crippen molar-refractivity contribution in [1.29, 1.82) is 0 Å². The lowest BCUT2D eigenvalue weighted by atomic mass is 10.00. The molecule has 0 aliphatic carbocycles. The van der Waals surface area contributed by atoms with Gasteiger partial charge in [0.2, 0.25) is 0 Å². The number of thioether (sulfide) groups is 1. The summed E-state index contributed by atoms with van der Waals surface area (Å²) in [5.74, 6) is 1.13. The van der Waals surface area contributed by atoms with Crippen LogP contribution in [0.1, 0.15) is 13.3 Å². The van der Waals surface area contributed by atoms with E-state index < -0.39 is 0 Å². The van der Waals surface area contributed by atoms with E-state index in [-0.39, 0.29) is 5.54 Å². The van der Waals surface area contributed by atoms with Crippen molar-refractivity contribution in [3.05, 3.63) is 11.6 Å². The molecule has 1 fully saturated rings. The van der Waals surface area contributed by atoms with E-state index >= 15 is 0 Å². The van der Waals surface area contributed by atoms with Gasteiger partial charge in [-0.25, -0.2) is 0 Å². The zero-order valence-electron chi connectivity index (χ0n) is 8.09. The van der Waals surface area contributed by atoms with Gasteiger partial charge in [0, 0.05) is 32.1 Å². The van der Waals surface area contributed by atoms with Gasteiger partial charge in [-0.05, 0) is 13.3 Å². The van der Waals surface area contributed by atoms with E-state index in [1.807, 2.05) is 11.8 Å². The van der Waals surface area contributed by atoms with Crippen LogP contribution in [0.25, 0.3) is 0 Å². The SMILES string of the molecule is C=C1SCC(C)(CCOC)N1C. The molecule has 3 heteroatoms. The van der Waals surface area contributed by atoms with Gasteiger partial charge in [-0.3, -0.25) is 0 Å². The van der Waals surface area contributed by atoms with Crippen LogP contribution < -0.4 is 0 Å². The van der Waals surface area contributed by atoms with E-state index in [1.165, 1.54) is 5.03 Å². The van der Waals surface area contributed by atoms with Gasteiger partial charge < -0.3 is 9.64 Å². The summed E-state index contributed by atoms with van der Waals surface area (Å²) in [5, 5.41) is 1.17. The highest BCUT2D eigenvalue weighted by atomic mass is 32.2. The highest BCUT2D eigenvalue weighted by Crippen LogP contribution is 2.38. The number of nitrogens with zero attached hydrogens (tertiary/aromatic N) is 1. The van der Waals surface area contributed by atoms with Crippen LogP contribution in [0.5, 0.6) is 0 Å². The molecule has 70 valence electrons. The van der Waals surface area contributed by atoms with Crippen molar-refractivity contribution in [1.82, 2.24) is 4.90 Å². The fraction of sp³-hybridized carbons (Fsp3) is 0.778. The van der Waals surface area contributed by atoms with Crippen molar-refractivity contribution in [2.75, 3.05) is 26.5 Å². The summed E-state index contributed by atoms with van der Waals surface area (Å²) in [7, 11) is 3.86. The van der Waals surface area contributed by atoms with Gasteiger partial charge in [0.15, 0.2) is 0 Å². The van der Waals surface area contributed by atoms with Crippen molar-refractivity contribution in [3.63, 3.8) is 0 Å². The average molecular weight is 187 g/mol. The summed E-state index contributed by atoms with van der Waals surface area (Å²) in [6, 6.07) is 0. The lowest BCUT2D eigenvalue weighted by Crippen LogP contribution is -2.40. The summed E-state index contributed by atoms with van der Waals surface area (Å²) in [6.07, 6.45) is 1.08. The Morgan fingerprint density at radius 3 is 2.83 bits per heavy atom. The molecule has 12 heavy (non-hydrogen) atoms. The van der Waals surface area contributed by atoms with E-state index in [0.717, 1.165) is 18.8 Å². The Balaban J connectivity index is 2.53. The van der Waals surface area contributed by atoms with Crippen LogP contribution in [0.4, 0.5) is 0 Å². The quantitative estimate of drug-likeness (QED) is 0.670. The standard InChI is InChI=1S/C9H17NOS/c1-8-10(3)9(2,7-12-8)5-6-11-4/h1,5-7H2,2-4H3. The molecule has 0 aromatic rings. The molecule has 0 aromatic heterocycles. The molecular weight excluding hydrogens is 170 g/mol. The van der Waals surface area contributed by atoms with Crippen molar-refractivity contribution in [3.8, 4) is 0 Å². The zero-order chi connectivity index (χ0) is 9.19. The zero-order valence-corrected chi connectivity index (χ0v) is 8.91. The van der Waals surface area contributed by atoms with Crippen LogP contribution in [0.15, 0.2) is 11.6 Å². The molecule has 2 nitrogen and oxygen atoms in total. The van der Waals surface area contributed by atoms with Gasteiger partial charge in [0.1, 0.15) is 0 Å². The third-order valence-electron chi connectivity index (χ3n) is 2.58. The largest absolute Gasteiger partial charge is 0.385 e. The first-order valence-corrected chi connectivity index (χ1v) is 5.13. The van der Waals surface area contributed by atoms with Gasteiger partial charge in [0.05, 0.1) is 5.03 Å². The first-order valence-electron chi connectivity index (χ1n) is 4.14. The maximum atomic E-state index is 5.09. The Morgan fingerprint density at radius 2 is 2.42 bits per heavy atom. The molecule has 0 amide bonds. The normalized spacial score (nSPS) is 29.9. The third kappa shape index (κ3) is 1.77. The molecular formula is C9H17NOS. The molecule has 0 radical (unpaired) electrons. The van der Waals surface area contributed by atoms with Gasteiger partial charge >= 0.3 is 0 Å². The number of hydrogen-bond acceptors (Lipinski definition) is 3. The number of rotatable bonds is 3. The summed E-state index contributed by atoms with van der Waals surface area (Å²) in [4.78, 5) is 2.26. The second kappa shape index (κ2) is 3.71. The van der Waals surface area contributed by atoms with Crippen molar-refractivity contribution in [2.24, 2.45) is 0 Å². The molecule has 1 rings (SSSR count). The smallest absolute Gasteiger partial charge is 0.0637 e. The Bertz CT molecular complexity index is 183. The van der Waals surface area contributed by atoms with Crippen molar-refractivity contribution < 1.29 is 4.74 Å². The molecule has 0 N–H and O–H groups in total. The second-order valence-corrected chi connectivity index (χ2v) is 4.53. The maximum Gasteiger partial charge on any atom is 0.0637 e. The summed E-state index contributed by atoms with van der Waals surface area (Å²) in [5.41, 5.74) is 0.248. The molecule has 0 bridgehead atoms. The highest BCUT2D eigenvalue weighted by Gasteiger charge is 2.35. The fourth-order valence-electron chi connectivity index (χ4n) is 1.30. The summed E-state index contributed by atoms with van der Waals surface area (Å²) < 4.78 is 5.09. The van der Waals surface area contributed by atoms with Gasteiger partial charge in [-0.2, -0.15) is 0 Å². The predicted octanol–water partition coefficient (Wildman–Crippen LogP) is 1.93. The lowest BCUT2D eigenvalue weighted by molar-refractivity contribution is 0.132. The van der Waals surface area contributed by atoms with Crippen LogP contribution in [-0.2, 0) is 4.74 Å². The predicted molar refractivity (Wildman–Crippen MR) is 54.3 cm³/mol. The van der Waals surface area contributed by atoms with Crippen LogP contribution in [0.3, 0.4) is 0 Å². The van der Waals surface area contributed by atoms with Crippen LogP contribution in [-0.4, -0.2) is 37.0 Å². The number of hydrogen-bond donors (Lipinski definition) is 0. The van der Waals surface area contributed by atoms with Gasteiger partial charge in [-0.1, -0.05) is 6.58 Å². The maximum absolute atomic E-state index is 5.09. The third-order valence-corrected chi connectivity index (χ3v) is 3.95. The molecule has 0 aromatic carbocycles. The Hall–Kier alpha value is -0.150. The first-order chi connectivity index (χ1) is 5.60. The number of ether oxygens (including phenoxy) is 1. The molecule has 0 spiro atoms. The molecule has 1 aliphatic heterocycles. The Morgan fingerprint density at radius 1 is 1.75 bits per heavy atom. The summed E-state index contributed by atoms with van der Waals surface area (Å²) >= 11 is 1.84. The van der Waals surface area contributed by atoms with Crippen LogP contribution >= 0.6 is 11.8 Å². The monoisotopic (exact) mass is 187 g/mol. The topological polar surface area (TPSA) is 12.5 Å². The molecule has 1 unspecified atom stereocenters. The van der Waals surface area contributed by atoms with Crippen LogP contribution in [0.2, 0.25) is 0 Å². The second-order valence-electron chi connectivity index (χ2n) is 3.48. The minimum Gasteiger partial charge on any atom is -0.385 e. The van der Waals surface area contributed by atoms with Crippen molar-refractivity contribution in [2.45, 2.75) is 18.9 Å². The van der Waals surface area contributed by atoms with E-state index in [2.05, 4.69) is 25.5 Å². The lowest BCUT2D eigenvalue weighted by Gasteiger charge is -2.32. The Labute approximate surface area is 79.0 Å². The highest BCUT2D eigenvalue weighted by molar-refractivity contribution is 8.03. The van der Waals surface area contributed by atoms with Crippen molar-refractivity contribution >= 4 is 11.8 Å². The number of methoxy groups -OCH3 is 1. The molecule has 1 heterocycles. The Kier molecular flexibility index (Phi) is 3.07. The van der Waals surface area contributed by atoms with E-state index in [0.29, 0.717) is 0 Å². The molecule has 1 aliphatic rings. The minimum atomic E-state index is 0.248. The van der Waals surface area contributed by atoms with Crippen LogP contribution in [0, 0.1) is 0 Å². The van der Waals surface area contributed by atoms with E-state index in [1.54, 1.807) is 7.11 Å². The summed E-state index contributed by atoms with van der Waals surface area (Å²) in [6.45, 7) is 7.08. The van der Waals surface area contributed by atoms with E-state index in [9.17, 15) is 0 Å². The average Bonchev–Trinajstić information content (AvgIpc) is 2.31.